The van der Waals surface area contributed by atoms with Crippen molar-refractivity contribution in [3.63, 3.8) is 0 Å². The Kier molecular flexibility index (Phi) is 3.20. The van der Waals surface area contributed by atoms with E-state index in [1.807, 2.05) is 18.2 Å². The minimum absolute atomic E-state index is 0.676. The first kappa shape index (κ1) is 10.3. The smallest absolute Gasteiger partial charge is 0.0658 e. The Morgan fingerprint density at radius 3 is 2.69 bits per heavy atom. The van der Waals surface area contributed by atoms with Gasteiger partial charge in [0, 0.05) is 18.8 Å². The van der Waals surface area contributed by atoms with Crippen LogP contribution in [-0.4, -0.2) is 4.98 Å². The van der Waals surface area contributed by atoms with E-state index in [1.165, 1.54) is 5.56 Å². The second-order valence-corrected chi connectivity index (χ2v) is 3.43. The fraction of sp³-hybridized carbons (Fsp3) is 0.0714. The fourth-order valence-corrected chi connectivity index (χ4v) is 1.35. The van der Waals surface area contributed by atoms with Crippen LogP contribution in [0, 0.1) is 11.8 Å². The van der Waals surface area contributed by atoms with E-state index in [4.69, 9.17) is 5.73 Å². The quantitative estimate of drug-likeness (QED) is 0.730. The summed E-state index contributed by atoms with van der Waals surface area (Å²) in [5.74, 6) is 6.11. The van der Waals surface area contributed by atoms with Crippen molar-refractivity contribution < 1.29 is 0 Å². The van der Waals surface area contributed by atoms with Crippen molar-refractivity contribution in [2.75, 3.05) is 5.73 Å². The summed E-state index contributed by atoms with van der Waals surface area (Å²) < 4.78 is 0. The Morgan fingerprint density at radius 1 is 1.12 bits per heavy atom. The molecule has 1 aromatic heterocycles. The highest BCUT2D eigenvalue weighted by Gasteiger charge is 1.92. The molecule has 0 amide bonds. The number of anilines is 1. The summed E-state index contributed by atoms with van der Waals surface area (Å²) in [6.45, 7) is 0. The van der Waals surface area contributed by atoms with Crippen molar-refractivity contribution in [3.8, 4) is 11.8 Å². The molecule has 0 unspecified atom stereocenters. The van der Waals surface area contributed by atoms with Crippen LogP contribution in [0.5, 0.6) is 0 Å². The number of pyridine rings is 1. The highest BCUT2D eigenvalue weighted by Crippen LogP contribution is 2.06. The molecule has 2 heteroatoms. The first-order chi connectivity index (χ1) is 7.86. The lowest BCUT2D eigenvalue weighted by Gasteiger charge is -1.95. The van der Waals surface area contributed by atoms with Crippen LogP contribution in [0.3, 0.4) is 0 Å². The van der Waals surface area contributed by atoms with Crippen molar-refractivity contribution in [1.82, 2.24) is 4.98 Å². The van der Waals surface area contributed by atoms with Gasteiger partial charge in [-0.15, -0.1) is 0 Å². The highest BCUT2D eigenvalue weighted by atomic mass is 14.7. The summed E-state index contributed by atoms with van der Waals surface area (Å²) in [7, 11) is 0. The van der Waals surface area contributed by atoms with Crippen LogP contribution < -0.4 is 5.73 Å². The molecule has 0 bridgehead atoms. The number of nitrogens with two attached hydrogens (primary N) is 1. The molecule has 78 valence electrons. The van der Waals surface area contributed by atoms with E-state index in [9.17, 15) is 0 Å². The van der Waals surface area contributed by atoms with E-state index in [-0.39, 0.29) is 0 Å². The SMILES string of the molecule is Nc1ccncc1C#CCc1ccccc1. The van der Waals surface area contributed by atoms with Gasteiger partial charge in [0.2, 0.25) is 0 Å². The van der Waals surface area contributed by atoms with Gasteiger partial charge in [-0.25, -0.2) is 0 Å². The molecule has 1 aromatic carbocycles. The molecule has 2 N–H and O–H groups in total. The summed E-state index contributed by atoms with van der Waals surface area (Å²) in [4.78, 5) is 3.99. The molecule has 2 nitrogen and oxygen atoms in total. The van der Waals surface area contributed by atoms with Crippen LogP contribution in [-0.2, 0) is 6.42 Å². The number of rotatable bonds is 1. The van der Waals surface area contributed by atoms with Crippen LogP contribution in [0.25, 0.3) is 0 Å². The first-order valence-electron chi connectivity index (χ1n) is 5.08. The van der Waals surface area contributed by atoms with E-state index >= 15 is 0 Å². The minimum atomic E-state index is 0.676. The van der Waals surface area contributed by atoms with Gasteiger partial charge in [-0.2, -0.15) is 0 Å². The largest absolute Gasteiger partial charge is 0.398 e. The van der Waals surface area contributed by atoms with E-state index in [1.54, 1.807) is 18.5 Å². The number of benzene rings is 1. The van der Waals surface area contributed by atoms with E-state index < -0.39 is 0 Å². The normalized spacial score (nSPS) is 9.25. The predicted octanol–water partition coefficient (Wildman–Crippen LogP) is 2.26. The molecule has 0 saturated carbocycles. The van der Waals surface area contributed by atoms with Crippen LogP contribution in [0.15, 0.2) is 48.8 Å². The van der Waals surface area contributed by atoms with Gasteiger partial charge in [-0.3, -0.25) is 4.98 Å². The second kappa shape index (κ2) is 4.99. The number of nitrogens with zero attached hydrogens (tertiary/aromatic N) is 1. The van der Waals surface area contributed by atoms with Crippen molar-refractivity contribution >= 4 is 5.69 Å². The maximum Gasteiger partial charge on any atom is 0.0658 e. The summed E-state index contributed by atoms with van der Waals surface area (Å²) in [5.41, 5.74) is 8.43. The van der Waals surface area contributed by atoms with Gasteiger partial charge < -0.3 is 5.73 Å². The Labute approximate surface area is 95.1 Å². The Morgan fingerprint density at radius 2 is 1.94 bits per heavy atom. The molecule has 1 heterocycles. The maximum absolute atomic E-state index is 5.76. The Hall–Kier alpha value is -2.27. The summed E-state index contributed by atoms with van der Waals surface area (Å²) >= 11 is 0. The number of hydrogen-bond donors (Lipinski definition) is 1. The third-order valence-corrected chi connectivity index (χ3v) is 2.21. The van der Waals surface area contributed by atoms with Gasteiger partial charge in [-0.1, -0.05) is 42.2 Å². The zero-order valence-corrected chi connectivity index (χ0v) is 8.85. The first-order valence-corrected chi connectivity index (χ1v) is 5.08. The van der Waals surface area contributed by atoms with Gasteiger partial charge in [0.15, 0.2) is 0 Å². The molecule has 0 radical (unpaired) electrons. The molecule has 0 aliphatic rings. The summed E-state index contributed by atoms with van der Waals surface area (Å²) in [5, 5.41) is 0. The number of hydrogen-bond acceptors (Lipinski definition) is 2. The lowest BCUT2D eigenvalue weighted by atomic mass is 10.1. The standard InChI is InChI=1S/C14H12N2/c15-14-9-10-16-11-13(14)8-4-7-12-5-2-1-3-6-12/h1-3,5-6,9-11H,7H2,(H2,15,16). The molecule has 0 fully saturated rings. The van der Waals surface area contributed by atoms with Gasteiger partial charge in [0.25, 0.3) is 0 Å². The van der Waals surface area contributed by atoms with Crippen molar-refractivity contribution in [3.05, 3.63) is 59.9 Å². The zero-order valence-electron chi connectivity index (χ0n) is 8.85. The molecular formula is C14H12N2. The lowest BCUT2D eigenvalue weighted by Crippen LogP contribution is -1.90. The molecule has 0 saturated heterocycles. The van der Waals surface area contributed by atoms with Crippen molar-refractivity contribution in [1.29, 1.82) is 0 Å². The molecular weight excluding hydrogens is 196 g/mol. The minimum Gasteiger partial charge on any atom is -0.398 e. The van der Waals surface area contributed by atoms with E-state index in [0.29, 0.717) is 5.69 Å². The lowest BCUT2D eigenvalue weighted by molar-refractivity contribution is 1.30. The van der Waals surface area contributed by atoms with Crippen LogP contribution in [0.4, 0.5) is 5.69 Å². The molecule has 0 aliphatic carbocycles. The average molecular weight is 208 g/mol. The number of nitrogen functional groups attached to an aromatic ring is 1. The molecule has 2 rings (SSSR count). The zero-order chi connectivity index (χ0) is 11.2. The number of aromatic nitrogens is 1. The third kappa shape index (κ3) is 2.61. The van der Waals surface area contributed by atoms with Crippen LogP contribution in [0.2, 0.25) is 0 Å². The fourth-order valence-electron chi connectivity index (χ4n) is 1.35. The second-order valence-electron chi connectivity index (χ2n) is 3.43. The third-order valence-electron chi connectivity index (χ3n) is 2.21. The maximum atomic E-state index is 5.76. The van der Waals surface area contributed by atoms with E-state index in [0.717, 1.165) is 12.0 Å². The monoisotopic (exact) mass is 208 g/mol. The van der Waals surface area contributed by atoms with Gasteiger partial charge in [0.1, 0.15) is 0 Å². The Bertz CT molecular complexity index is 521. The summed E-state index contributed by atoms with van der Waals surface area (Å²) in [6, 6.07) is 11.9. The highest BCUT2D eigenvalue weighted by molar-refractivity contribution is 5.54. The predicted molar refractivity (Wildman–Crippen MR) is 65.7 cm³/mol. The molecule has 2 aromatic rings. The summed E-state index contributed by atoms with van der Waals surface area (Å²) in [6.07, 6.45) is 4.08. The van der Waals surface area contributed by atoms with Crippen molar-refractivity contribution in [2.24, 2.45) is 0 Å². The topological polar surface area (TPSA) is 38.9 Å². The van der Waals surface area contributed by atoms with Crippen molar-refractivity contribution in [2.45, 2.75) is 6.42 Å². The average Bonchev–Trinajstić information content (AvgIpc) is 2.33. The molecule has 0 aliphatic heterocycles. The van der Waals surface area contributed by atoms with Crippen LogP contribution >= 0.6 is 0 Å². The van der Waals surface area contributed by atoms with Gasteiger partial charge >= 0.3 is 0 Å². The molecule has 0 atom stereocenters. The van der Waals surface area contributed by atoms with Gasteiger partial charge in [-0.05, 0) is 11.6 Å². The molecule has 0 spiro atoms. The molecule has 16 heavy (non-hydrogen) atoms. The van der Waals surface area contributed by atoms with Gasteiger partial charge in [0.05, 0.1) is 11.3 Å². The van der Waals surface area contributed by atoms with E-state index in [2.05, 4.69) is 29.0 Å². The Balaban J connectivity index is 2.10. The van der Waals surface area contributed by atoms with Crippen LogP contribution in [0.1, 0.15) is 11.1 Å².